The van der Waals surface area contributed by atoms with Gasteiger partial charge < -0.3 is 5.73 Å². The maximum absolute atomic E-state index is 12.0. The summed E-state index contributed by atoms with van der Waals surface area (Å²) in [6.45, 7) is 0. The zero-order chi connectivity index (χ0) is 11.5. The van der Waals surface area contributed by atoms with Gasteiger partial charge >= 0.3 is 0 Å². The number of ketones is 1. The quantitative estimate of drug-likeness (QED) is 0.805. The molecule has 1 aliphatic rings. The molecule has 2 N–H and O–H groups in total. The Hall–Kier alpha value is -1.23. The molecule has 0 bridgehead atoms. The summed E-state index contributed by atoms with van der Waals surface area (Å²) in [4.78, 5) is 16.1. The van der Waals surface area contributed by atoms with Gasteiger partial charge in [0, 0.05) is 19.0 Å². The van der Waals surface area contributed by atoms with Crippen LogP contribution in [0.15, 0.2) is 6.33 Å². The summed E-state index contributed by atoms with van der Waals surface area (Å²) in [5.74, 6) is 1.21. The molecule has 0 saturated heterocycles. The Bertz CT molecular complexity index is 366. The molecule has 0 radical (unpaired) electrons. The van der Waals surface area contributed by atoms with E-state index in [2.05, 4.69) is 10.1 Å². The van der Waals surface area contributed by atoms with Crippen LogP contribution in [-0.4, -0.2) is 26.6 Å². The van der Waals surface area contributed by atoms with Crippen molar-refractivity contribution in [2.24, 2.45) is 18.7 Å². The van der Waals surface area contributed by atoms with E-state index in [-0.39, 0.29) is 11.7 Å². The molecule has 0 aromatic carbocycles. The number of carbonyl (C=O) groups is 1. The van der Waals surface area contributed by atoms with Gasteiger partial charge in [0.25, 0.3) is 0 Å². The van der Waals surface area contributed by atoms with Gasteiger partial charge in [0.1, 0.15) is 17.9 Å². The van der Waals surface area contributed by atoms with Gasteiger partial charge in [0.15, 0.2) is 0 Å². The second kappa shape index (κ2) is 4.74. The highest BCUT2D eigenvalue weighted by molar-refractivity contribution is 5.82. The van der Waals surface area contributed by atoms with Crippen molar-refractivity contribution in [1.29, 1.82) is 0 Å². The summed E-state index contributed by atoms with van der Waals surface area (Å²) in [5, 5.41) is 3.96. The number of Topliss-reactive ketones (excluding diaryl/α,β-unsaturated/α-hetero) is 1. The first-order valence-electron chi connectivity index (χ1n) is 5.78. The Labute approximate surface area is 95.0 Å². The van der Waals surface area contributed by atoms with E-state index in [0.717, 1.165) is 31.5 Å². The van der Waals surface area contributed by atoms with Gasteiger partial charge in [-0.15, -0.1) is 0 Å². The lowest BCUT2D eigenvalue weighted by molar-refractivity contribution is -0.123. The van der Waals surface area contributed by atoms with Crippen molar-refractivity contribution in [3.63, 3.8) is 0 Å². The maximum Gasteiger partial charge on any atom is 0.143 e. The normalized spacial score (nSPS) is 25.6. The minimum absolute atomic E-state index is 0.177. The van der Waals surface area contributed by atoms with Crippen LogP contribution in [0.2, 0.25) is 0 Å². The van der Waals surface area contributed by atoms with E-state index in [4.69, 9.17) is 5.73 Å². The fourth-order valence-electron chi connectivity index (χ4n) is 2.22. The predicted octanol–water partition coefficient (Wildman–Crippen LogP) is 0.444. The third kappa shape index (κ3) is 2.47. The first-order valence-corrected chi connectivity index (χ1v) is 5.78. The van der Waals surface area contributed by atoms with Crippen LogP contribution in [0, 0.1) is 5.92 Å². The topological polar surface area (TPSA) is 73.8 Å². The molecule has 88 valence electrons. The minimum Gasteiger partial charge on any atom is -0.328 e. The van der Waals surface area contributed by atoms with Gasteiger partial charge in [0.05, 0.1) is 6.42 Å². The zero-order valence-electron chi connectivity index (χ0n) is 9.59. The van der Waals surface area contributed by atoms with Gasteiger partial charge in [-0.25, -0.2) is 4.98 Å². The summed E-state index contributed by atoms with van der Waals surface area (Å²) >= 11 is 0. The summed E-state index contributed by atoms with van der Waals surface area (Å²) in [7, 11) is 1.81. The monoisotopic (exact) mass is 222 g/mol. The SMILES string of the molecule is Cn1ncnc1CC(=O)C1CCC(N)CC1. The number of hydrogen-bond donors (Lipinski definition) is 1. The van der Waals surface area contributed by atoms with Crippen LogP contribution in [-0.2, 0) is 18.3 Å². The number of rotatable bonds is 3. The number of nitrogens with two attached hydrogens (primary N) is 1. The number of nitrogens with zero attached hydrogens (tertiary/aromatic N) is 3. The van der Waals surface area contributed by atoms with Crippen molar-refractivity contribution < 1.29 is 4.79 Å². The average Bonchev–Trinajstić information content (AvgIpc) is 2.65. The highest BCUT2D eigenvalue weighted by atomic mass is 16.1. The van der Waals surface area contributed by atoms with Gasteiger partial charge in [-0.2, -0.15) is 5.10 Å². The third-order valence-corrected chi connectivity index (χ3v) is 3.36. The van der Waals surface area contributed by atoms with Gasteiger partial charge in [-0.05, 0) is 25.7 Å². The number of aromatic nitrogens is 3. The Morgan fingerprint density at radius 2 is 2.19 bits per heavy atom. The Balaban J connectivity index is 1.91. The smallest absolute Gasteiger partial charge is 0.143 e. The fourth-order valence-corrected chi connectivity index (χ4v) is 2.22. The Morgan fingerprint density at radius 1 is 1.50 bits per heavy atom. The molecule has 0 spiro atoms. The predicted molar refractivity (Wildman–Crippen MR) is 59.6 cm³/mol. The van der Waals surface area contributed by atoms with E-state index in [0.29, 0.717) is 12.5 Å². The molecular formula is C11H18N4O. The molecule has 5 nitrogen and oxygen atoms in total. The molecule has 2 rings (SSSR count). The molecule has 1 fully saturated rings. The van der Waals surface area contributed by atoms with Crippen molar-refractivity contribution in [3.05, 3.63) is 12.2 Å². The first kappa shape index (κ1) is 11.3. The van der Waals surface area contributed by atoms with Crippen LogP contribution < -0.4 is 5.73 Å². The van der Waals surface area contributed by atoms with Crippen LogP contribution in [0.3, 0.4) is 0 Å². The Kier molecular flexibility index (Phi) is 3.33. The lowest BCUT2D eigenvalue weighted by Gasteiger charge is -2.24. The average molecular weight is 222 g/mol. The molecule has 0 atom stereocenters. The van der Waals surface area contributed by atoms with E-state index in [1.54, 1.807) is 4.68 Å². The number of hydrogen-bond acceptors (Lipinski definition) is 4. The van der Waals surface area contributed by atoms with Crippen molar-refractivity contribution in [3.8, 4) is 0 Å². The van der Waals surface area contributed by atoms with E-state index in [1.807, 2.05) is 7.05 Å². The Morgan fingerprint density at radius 3 is 2.75 bits per heavy atom. The highest BCUT2D eigenvalue weighted by Gasteiger charge is 2.25. The van der Waals surface area contributed by atoms with Crippen LogP contribution in [0.5, 0.6) is 0 Å². The number of aryl methyl sites for hydroxylation is 1. The molecule has 1 saturated carbocycles. The lowest BCUT2D eigenvalue weighted by Crippen LogP contribution is -2.30. The minimum atomic E-state index is 0.177. The molecule has 1 aromatic heterocycles. The molecule has 5 heteroatoms. The molecule has 1 aromatic rings. The summed E-state index contributed by atoms with van der Waals surface area (Å²) in [5.41, 5.74) is 5.82. The van der Waals surface area contributed by atoms with Gasteiger partial charge in [-0.3, -0.25) is 9.48 Å². The molecule has 16 heavy (non-hydrogen) atoms. The zero-order valence-corrected chi connectivity index (χ0v) is 9.59. The lowest BCUT2D eigenvalue weighted by atomic mass is 9.83. The van der Waals surface area contributed by atoms with Crippen molar-refractivity contribution in [2.45, 2.75) is 38.1 Å². The van der Waals surface area contributed by atoms with Crippen LogP contribution >= 0.6 is 0 Å². The number of carbonyl (C=O) groups excluding carboxylic acids is 1. The largest absolute Gasteiger partial charge is 0.328 e. The summed E-state index contributed by atoms with van der Waals surface area (Å²) in [6, 6.07) is 0.291. The van der Waals surface area contributed by atoms with E-state index in [1.165, 1.54) is 6.33 Å². The van der Waals surface area contributed by atoms with Crippen LogP contribution in [0.1, 0.15) is 31.5 Å². The second-order valence-corrected chi connectivity index (χ2v) is 4.55. The van der Waals surface area contributed by atoms with Crippen molar-refractivity contribution in [1.82, 2.24) is 14.8 Å². The van der Waals surface area contributed by atoms with Crippen LogP contribution in [0.25, 0.3) is 0 Å². The highest BCUT2D eigenvalue weighted by Crippen LogP contribution is 2.24. The molecule has 0 amide bonds. The van der Waals surface area contributed by atoms with E-state index >= 15 is 0 Å². The first-order chi connectivity index (χ1) is 7.66. The molecule has 0 unspecified atom stereocenters. The third-order valence-electron chi connectivity index (χ3n) is 3.36. The second-order valence-electron chi connectivity index (χ2n) is 4.55. The molecule has 1 heterocycles. The van der Waals surface area contributed by atoms with Crippen LogP contribution in [0.4, 0.5) is 0 Å². The summed E-state index contributed by atoms with van der Waals surface area (Å²) < 4.78 is 1.66. The summed E-state index contributed by atoms with van der Waals surface area (Å²) in [6.07, 6.45) is 5.68. The van der Waals surface area contributed by atoms with Crippen molar-refractivity contribution >= 4 is 5.78 Å². The van der Waals surface area contributed by atoms with Gasteiger partial charge in [0.2, 0.25) is 0 Å². The fraction of sp³-hybridized carbons (Fsp3) is 0.727. The van der Waals surface area contributed by atoms with E-state index in [9.17, 15) is 4.79 Å². The standard InChI is InChI=1S/C11H18N4O/c1-15-11(13-7-14-15)6-10(16)8-2-4-9(12)5-3-8/h7-9H,2-6,12H2,1H3. The van der Waals surface area contributed by atoms with Crippen molar-refractivity contribution in [2.75, 3.05) is 0 Å². The molecule has 1 aliphatic carbocycles. The molecule has 0 aliphatic heterocycles. The van der Waals surface area contributed by atoms with Gasteiger partial charge in [-0.1, -0.05) is 0 Å². The van der Waals surface area contributed by atoms with E-state index < -0.39 is 0 Å². The molecular weight excluding hydrogens is 204 g/mol. The maximum atomic E-state index is 12.0.